The van der Waals surface area contributed by atoms with Gasteiger partial charge in [-0.1, -0.05) is 0 Å². The van der Waals surface area contributed by atoms with E-state index in [1.54, 1.807) is 0 Å². The standard InChI is InChI=1S/C19H22F3N5O/c20-19(21,22)13-1-3-16(4-2-13)27-10-15(11-27)25-14-5-7-26(8-6-14)17-9-18(28)24-12-23-17/h1-4,9,12,14-15,25H,5-8,10-11H2,(H,23,24,28). The fraction of sp³-hybridized carbons (Fsp3) is 0.474. The Kier molecular flexibility index (Phi) is 5.01. The second kappa shape index (κ2) is 7.46. The third-order valence-electron chi connectivity index (χ3n) is 5.40. The average molecular weight is 393 g/mol. The Morgan fingerprint density at radius 3 is 2.32 bits per heavy atom. The van der Waals surface area contributed by atoms with E-state index in [2.05, 4.69) is 25.1 Å². The maximum absolute atomic E-state index is 12.6. The molecule has 1 aromatic heterocycles. The average Bonchev–Trinajstić information content (AvgIpc) is 2.64. The zero-order chi connectivity index (χ0) is 19.7. The highest BCUT2D eigenvalue weighted by molar-refractivity contribution is 5.51. The number of rotatable bonds is 4. The van der Waals surface area contributed by atoms with Crippen LogP contribution in [0.4, 0.5) is 24.7 Å². The Hall–Kier alpha value is -2.55. The summed E-state index contributed by atoms with van der Waals surface area (Å²) in [5.74, 6) is 0.708. The number of hydrogen-bond acceptors (Lipinski definition) is 5. The molecule has 150 valence electrons. The van der Waals surface area contributed by atoms with Crippen LogP contribution in [0.5, 0.6) is 0 Å². The Morgan fingerprint density at radius 1 is 1.04 bits per heavy atom. The van der Waals surface area contributed by atoms with Crippen LogP contribution in [0, 0.1) is 0 Å². The van der Waals surface area contributed by atoms with Crippen LogP contribution in [-0.2, 0) is 6.18 Å². The molecule has 2 aromatic rings. The van der Waals surface area contributed by atoms with E-state index in [-0.39, 0.29) is 5.56 Å². The third-order valence-corrected chi connectivity index (χ3v) is 5.40. The number of halogens is 3. The number of piperidine rings is 1. The third kappa shape index (κ3) is 4.14. The smallest absolute Gasteiger partial charge is 0.368 e. The molecule has 0 amide bonds. The van der Waals surface area contributed by atoms with Crippen LogP contribution in [-0.4, -0.2) is 48.2 Å². The number of nitrogens with zero attached hydrogens (tertiary/aromatic N) is 3. The Labute approximate surface area is 160 Å². The SMILES string of the molecule is O=c1cc(N2CCC(NC3CN(c4ccc(C(F)(F)F)cc4)C3)CC2)nc[nH]1. The Morgan fingerprint density at radius 2 is 1.71 bits per heavy atom. The predicted molar refractivity (Wildman–Crippen MR) is 101 cm³/mol. The fourth-order valence-corrected chi connectivity index (χ4v) is 3.80. The number of anilines is 2. The molecule has 0 bridgehead atoms. The number of aromatic amines is 1. The number of H-pyrrole nitrogens is 1. The summed E-state index contributed by atoms with van der Waals surface area (Å²) in [7, 11) is 0. The van der Waals surface area contributed by atoms with Crippen molar-refractivity contribution in [1.82, 2.24) is 15.3 Å². The summed E-state index contributed by atoms with van der Waals surface area (Å²) in [5, 5.41) is 3.64. The Bertz CT molecular complexity index is 853. The first-order valence-corrected chi connectivity index (χ1v) is 9.36. The molecule has 2 aliphatic rings. The molecule has 2 saturated heterocycles. The minimum atomic E-state index is -4.30. The van der Waals surface area contributed by atoms with Crippen molar-refractivity contribution < 1.29 is 13.2 Å². The Balaban J connectivity index is 1.23. The summed E-state index contributed by atoms with van der Waals surface area (Å²) < 4.78 is 37.9. The van der Waals surface area contributed by atoms with E-state index in [0.717, 1.165) is 56.8 Å². The van der Waals surface area contributed by atoms with Crippen molar-refractivity contribution in [3.8, 4) is 0 Å². The van der Waals surface area contributed by atoms with Crippen molar-refractivity contribution in [1.29, 1.82) is 0 Å². The van der Waals surface area contributed by atoms with Crippen LogP contribution >= 0.6 is 0 Å². The van der Waals surface area contributed by atoms with Crippen molar-refractivity contribution >= 4 is 11.5 Å². The van der Waals surface area contributed by atoms with E-state index in [9.17, 15) is 18.0 Å². The second-order valence-corrected chi connectivity index (χ2v) is 7.34. The van der Waals surface area contributed by atoms with Gasteiger partial charge in [0.05, 0.1) is 11.9 Å². The van der Waals surface area contributed by atoms with Gasteiger partial charge in [-0.25, -0.2) is 4.98 Å². The quantitative estimate of drug-likeness (QED) is 0.834. The van der Waals surface area contributed by atoms with Crippen LogP contribution in [0.15, 0.2) is 41.5 Å². The molecule has 1 aromatic carbocycles. The first-order chi connectivity index (χ1) is 13.4. The van der Waals surface area contributed by atoms with Gasteiger partial charge in [-0.3, -0.25) is 4.79 Å². The van der Waals surface area contributed by atoms with Crippen LogP contribution < -0.4 is 20.7 Å². The highest BCUT2D eigenvalue weighted by Gasteiger charge is 2.32. The van der Waals surface area contributed by atoms with E-state index in [1.165, 1.54) is 24.5 Å². The molecular weight excluding hydrogens is 371 g/mol. The molecule has 0 unspecified atom stereocenters. The maximum Gasteiger partial charge on any atom is 0.416 e. The highest BCUT2D eigenvalue weighted by Crippen LogP contribution is 2.31. The number of nitrogens with one attached hydrogen (secondary N) is 2. The van der Waals surface area contributed by atoms with Gasteiger partial charge in [0.1, 0.15) is 5.82 Å². The lowest BCUT2D eigenvalue weighted by atomic mass is 10.0. The number of benzene rings is 1. The van der Waals surface area contributed by atoms with Crippen LogP contribution in [0.2, 0.25) is 0 Å². The minimum Gasteiger partial charge on any atom is -0.368 e. The van der Waals surface area contributed by atoms with Crippen LogP contribution in [0.25, 0.3) is 0 Å². The first-order valence-electron chi connectivity index (χ1n) is 9.36. The van der Waals surface area contributed by atoms with Gasteiger partial charge < -0.3 is 20.1 Å². The lowest BCUT2D eigenvalue weighted by Gasteiger charge is -2.44. The summed E-state index contributed by atoms with van der Waals surface area (Å²) in [6.45, 7) is 3.26. The lowest BCUT2D eigenvalue weighted by Crippen LogP contribution is -2.61. The molecule has 4 rings (SSSR count). The van der Waals surface area contributed by atoms with Gasteiger partial charge in [-0.05, 0) is 37.1 Å². The molecule has 3 heterocycles. The number of aromatic nitrogens is 2. The summed E-state index contributed by atoms with van der Waals surface area (Å²) >= 11 is 0. The van der Waals surface area contributed by atoms with E-state index >= 15 is 0 Å². The van der Waals surface area contributed by atoms with E-state index in [4.69, 9.17) is 0 Å². The molecule has 9 heteroatoms. The molecule has 2 N–H and O–H groups in total. The molecule has 28 heavy (non-hydrogen) atoms. The van der Waals surface area contributed by atoms with Crippen molar-refractivity contribution in [2.75, 3.05) is 36.0 Å². The minimum absolute atomic E-state index is 0.150. The molecule has 6 nitrogen and oxygen atoms in total. The topological polar surface area (TPSA) is 64.3 Å². The predicted octanol–water partition coefficient (Wildman–Crippen LogP) is 2.24. The molecule has 2 aliphatic heterocycles. The summed E-state index contributed by atoms with van der Waals surface area (Å²) in [6.07, 6.45) is -0.946. The molecule has 0 aliphatic carbocycles. The highest BCUT2D eigenvalue weighted by atomic mass is 19.4. The molecule has 0 radical (unpaired) electrons. The number of hydrogen-bond donors (Lipinski definition) is 2. The van der Waals surface area contributed by atoms with Gasteiger partial charge in [0.15, 0.2) is 0 Å². The zero-order valence-corrected chi connectivity index (χ0v) is 15.2. The van der Waals surface area contributed by atoms with Gasteiger partial charge in [-0.15, -0.1) is 0 Å². The van der Waals surface area contributed by atoms with Crippen LogP contribution in [0.3, 0.4) is 0 Å². The fourth-order valence-electron chi connectivity index (χ4n) is 3.80. The molecule has 0 saturated carbocycles. The van der Waals surface area contributed by atoms with Gasteiger partial charge in [0.2, 0.25) is 0 Å². The van der Waals surface area contributed by atoms with E-state index < -0.39 is 11.7 Å². The largest absolute Gasteiger partial charge is 0.416 e. The first kappa shape index (κ1) is 18.8. The normalized spacial score (nSPS) is 19.0. The van der Waals surface area contributed by atoms with Crippen LogP contribution in [0.1, 0.15) is 18.4 Å². The lowest BCUT2D eigenvalue weighted by molar-refractivity contribution is -0.137. The maximum atomic E-state index is 12.6. The van der Waals surface area contributed by atoms with Crippen molar-refractivity contribution in [3.63, 3.8) is 0 Å². The summed E-state index contributed by atoms with van der Waals surface area (Å²) in [6, 6.07) is 7.59. The summed E-state index contributed by atoms with van der Waals surface area (Å²) in [5.41, 5.74) is 0.0532. The zero-order valence-electron chi connectivity index (χ0n) is 15.2. The van der Waals surface area contributed by atoms with Gasteiger partial charge in [-0.2, -0.15) is 13.2 Å². The second-order valence-electron chi connectivity index (χ2n) is 7.34. The molecule has 0 atom stereocenters. The molecular formula is C19H22F3N5O. The van der Waals surface area contributed by atoms with Crippen molar-refractivity contribution in [2.45, 2.75) is 31.1 Å². The van der Waals surface area contributed by atoms with Gasteiger partial charge in [0, 0.05) is 50.0 Å². The monoisotopic (exact) mass is 393 g/mol. The summed E-state index contributed by atoms with van der Waals surface area (Å²) in [4.78, 5) is 22.3. The molecule has 2 fully saturated rings. The van der Waals surface area contributed by atoms with Gasteiger partial charge in [0.25, 0.3) is 5.56 Å². The van der Waals surface area contributed by atoms with Crippen molar-refractivity contribution in [2.24, 2.45) is 0 Å². The molecule has 0 spiro atoms. The van der Waals surface area contributed by atoms with E-state index in [1.807, 2.05) is 0 Å². The van der Waals surface area contributed by atoms with Crippen molar-refractivity contribution in [3.05, 3.63) is 52.6 Å². The number of alkyl halides is 3. The van der Waals surface area contributed by atoms with E-state index in [0.29, 0.717) is 17.9 Å². The van der Waals surface area contributed by atoms with Gasteiger partial charge >= 0.3 is 6.18 Å².